The predicted octanol–water partition coefficient (Wildman–Crippen LogP) is 1.25. The fourth-order valence-corrected chi connectivity index (χ4v) is 2.19. The molecule has 3 nitrogen and oxygen atoms in total. The van der Waals surface area contributed by atoms with Crippen LogP contribution in [0.25, 0.3) is 0 Å². The van der Waals surface area contributed by atoms with Crippen LogP contribution in [0.15, 0.2) is 11.6 Å². The number of nitrogens with two attached hydrogens (primary N) is 1. The molecule has 3 heteroatoms. The smallest absolute Gasteiger partial charge is 0.0673 e. The molecule has 88 valence electrons. The molecule has 0 spiro atoms. The van der Waals surface area contributed by atoms with Gasteiger partial charge in [-0.2, -0.15) is 0 Å². The van der Waals surface area contributed by atoms with E-state index in [9.17, 15) is 0 Å². The fourth-order valence-electron chi connectivity index (χ4n) is 2.19. The molecule has 1 atom stereocenters. The number of methoxy groups -OCH3 is 1. The van der Waals surface area contributed by atoms with E-state index >= 15 is 0 Å². The SMILES string of the molecule is COCC1=CCN(C(CN)C(C)C)CC1. The third-order valence-electron chi connectivity index (χ3n) is 3.14. The van der Waals surface area contributed by atoms with Gasteiger partial charge < -0.3 is 10.5 Å². The number of nitrogens with zero attached hydrogens (tertiary/aromatic N) is 1. The first kappa shape index (κ1) is 12.7. The maximum Gasteiger partial charge on any atom is 0.0673 e. The van der Waals surface area contributed by atoms with Crippen molar-refractivity contribution in [3.8, 4) is 0 Å². The summed E-state index contributed by atoms with van der Waals surface area (Å²) in [5.41, 5.74) is 7.24. The minimum atomic E-state index is 0.519. The van der Waals surface area contributed by atoms with Crippen molar-refractivity contribution in [1.82, 2.24) is 4.90 Å². The second kappa shape index (κ2) is 6.26. The Balaban J connectivity index is 2.48. The zero-order valence-corrected chi connectivity index (χ0v) is 10.2. The molecule has 1 unspecified atom stereocenters. The molecule has 0 aromatic rings. The molecular formula is C12H24N2O. The van der Waals surface area contributed by atoms with Crippen LogP contribution in [0.2, 0.25) is 0 Å². The van der Waals surface area contributed by atoms with E-state index in [1.165, 1.54) is 5.57 Å². The van der Waals surface area contributed by atoms with Gasteiger partial charge in [0.05, 0.1) is 6.61 Å². The largest absolute Gasteiger partial charge is 0.380 e. The van der Waals surface area contributed by atoms with Crippen molar-refractivity contribution < 1.29 is 4.74 Å². The van der Waals surface area contributed by atoms with Crippen LogP contribution < -0.4 is 5.73 Å². The molecule has 1 aliphatic rings. The normalized spacial score (nSPS) is 20.5. The Kier molecular flexibility index (Phi) is 5.29. The zero-order valence-electron chi connectivity index (χ0n) is 10.2. The average Bonchev–Trinajstić information content (AvgIpc) is 2.21. The highest BCUT2D eigenvalue weighted by Gasteiger charge is 2.21. The lowest BCUT2D eigenvalue weighted by Gasteiger charge is -2.35. The quantitative estimate of drug-likeness (QED) is 0.697. The summed E-state index contributed by atoms with van der Waals surface area (Å²) < 4.78 is 5.14. The van der Waals surface area contributed by atoms with Crippen LogP contribution in [0.5, 0.6) is 0 Å². The molecule has 1 heterocycles. The maximum atomic E-state index is 5.81. The van der Waals surface area contributed by atoms with Gasteiger partial charge in [-0.25, -0.2) is 0 Å². The first-order chi connectivity index (χ1) is 7.19. The number of hydrogen-bond donors (Lipinski definition) is 1. The molecule has 0 fully saturated rings. The number of hydrogen-bond acceptors (Lipinski definition) is 3. The highest BCUT2D eigenvalue weighted by Crippen LogP contribution is 2.17. The summed E-state index contributed by atoms with van der Waals surface area (Å²) >= 11 is 0. The van der Waals surface area contributed by atoms with Gasteiger partial charge >= 0.3 is 0 Å². The van der Waals surface area contributed by atoms with E-state index in [0.717, 1.165) is 32.7 Å². The first-order valence-corrected chi connectivity index (χ1v) is 5.80. The van der Waals surface area contributed by atoms with Gasteiger partial charge in [0.2, 0.25) is 0 Å². The highest BCUT2D eigenvalue weighted by molar-refractivity contribution is 5.08. The molecule has 0 aliphatic carbocycles. The van der Waals surface area contributed by atoms with Gasteiger partial charge in [0.25, 0.3) is 0 Å². The van der Waals surface area contributed by atoms with Crippen molar-refractivity contribution in [2.45, 2.75) is 26.3 Å². The summed E-state index contributed by atoms with van der Waals surface area (Å²) in [5.74, 6) is 0.632. The summed E-state index contributed by atoms with van der Waals surface area (Å²) in [6, 6.07) is 0.519. The predicted molar refractivity (Wildman–Crippen MR) is 63.8 cm³/mol. The Bertz CT molecular complexity index is 214. The third kappa shape index (κ3) is 3.59. The Hall–Kier alpha value is -0.380. The van der Waals surface area contributed by atoms with Gasteiger partial charge in [0.15, 0.2) is 0 Å². The van der Waals surface area contributed by atoms with Crippen LogP contribution in [-0.4, -0.2) is 44.3 Å². The molecule has 0 saturated heterocycles. The first-order valence-electron chi connectivity index (χ1n) is 5.80. The Morgan fingerprint density at radius 1 is 1.53 bits per heavy atom. The van der Waals surface area contributed by atoms with Crippen LogP contribution in [-0.2, 0) is 4.74 Å². The molecule has 0 radical (unpaired) electrons. The second-order valence-corrected chi connectivity index (χ2v) is 4.59. The minimum absolute atomic E-state index is 0.519. The van der Waals surface area contributed by atoms with Crippen molar-refractivity contribution in [2.24, 2.45) is 11.7 Å². The van der Waals surface area contributed by atoms with E-state index in [1.54, 1.807) is 7.11 Å². The highest BCUT2D eigenvalue weighted by atomic mass is 16.5. The van der Waals surface area contributed by atoms with Crippen LogP contribution in [0, 0.1) is 5.92 Å². The van der Waals surface area contributed by atoms with Gasteiger partial charge in [-0.05, 0) is 17.9 Å². The summed E-state index contributed by atoms with van der Waals surface area (Å²) in [6.45, 7) is 8.17. The maximum absolute atomic E-state index is 5.81. The topological polar surface area (TPSA) is 38.5 Å². The van der Waals surface area contributed by atoms with Gasteiger partial charge in [-0.3, -0.25) is 4.90 Å². The number of ether oxygens (including phenoxy) is 1. The van der Waals surface area contributed by atoms with E-state index in [-0.39, 0.29) is 0 Å². The summed E-state index contributed by atoms with van der Waals surface area (Å²) in [7, 11) is 1.75. The zero-order chi connectivity index (χ0) is 11.3. The Labute approximate surface area is 93.3 Å². The van der Waals surface area contributed by atoms with E-state index in [4.69, 9.17) is 10.5 Å². The van der Waals surface area contributed by atoms with Crippen molar-refractivity contribution in [1.29, 1.82) is 0 Å². The monoisotopic (exact) mass is 212 g/mol. The molecule has 2 N–H and O–H groups in total. The molecular weight excluding hydrogens is 188 g/mol. The molecule has 1 rings (SSSR count). The lowest BCUT2D eigenvalue weighted by atomic mass is 9.99. The summed E-state index contributed by atoms with van der Waals surface area (Å²) in [6.07, 6.45) is 3.41. The van der Waals surface area contributed by atoms with E-state index in [2.05, 4.69) is 24.8 Å². The van der Waals surface area contributed by atoms with Crippen molar-refractivity contribution in [3.05, 3.63) is 11.6 Å². The van der Waals surface area contributed by atoms with Crippen LogP contribution in [0.3, 0.4) is 0 Å². The van der Waals surface area contributed by atoms with Crippen LogP contribution >= 0.6 is 0 Å². The molecule has 1 aliphatic heterocycles. The Morgan fingerprint density at radius 2 is 2.27 bits per heavy atom. The molecule has 0 aromatic heterocycles. The molecule has 0 amide bonds. The molecule has 0 saturated carbocycles. The van der Waals surface area contributed by atoms with E-state index in [1.807, 2.05) is 0 Å². The minimum Gasteiger partial charge on any atom is -0.380 e. The standard InChI is InChI=1S/C12H24N2O/c1-10(2)12(8-13)14-6-4-11(5-7-14)9-15-3/h4,10,12H,5-9,13H2,1-3H3. The van der Waals surface area contributed by atoms with Crippen LogP contribution in [0.1, 0.15) is 20.3 Å². The van der Waals surface area contributed by atoms with Crippen LogP contribution in [0.4, 0.5) is 0 Å². The fraction of sp³-hybridized carbons (Fsp3) is 0.833. The van der Waals surface area contributed by atoms with E-state index < -0.39 is 0 Å². The molecule has 15 heavy (non-hydrogen) atoms. The van der Waals surface area contributed by atoms with Gasteiger partial charge in [-0.1, -0.05) is 19.9 Å². The van der Waals surface area contributed by atoms with Gasteiger partial charge in [0.1, 0.15) is 0 Å². The third-order valence-corrected chi connectivity index (χ3v) is 3.14. The van der Waals surface area contributed by atoms with Crippen molar-refractivity contribution >= 4 is 0 Å². The summed E-state index contributed by atoms with van der Waals surface area (Å²) in [4.78, 5) is 2.48. The Morgan fingerprint density at radius 3 is 2.67 bits per heavy atom. The lowest BCUT2D eigenvalue weighted by molar-refractivity contribution is 0.161. The second-order valence-electron chi connectivity index (χ2n) is 4.59. The number of rotatable bonds is 5. The molecule has 0 aromatic carbocycles. The van der Waals surface area contributed by atoms with Crippen molar-refractivity contribution in [3.63, 3.8) is 0 Å². The van der Waals surface area contributed by atoms with Gasteiger partial charge in [0, 0.05) is 32.8 Å². The molecule has 0 bridgehead atoms. The lowest BCUT2D eigenvalue weighted by Crippen LogP contribution is -2.46. The average molecular weight is 212 g/mol. The van der Waals surface area contributed by atoms with E-state index in [0.29, 0.717) is 12.0 Å². The summed E-state index contributed by atoms with van der Waals surface area (Å²) in [5, 5.41) is 0. The van der Waals surface area contributed by atoms with Crippen molar-refractivity contribution in [2.75, 3.05) is 33.4 Å². The van der Waals surface area contributed by atoms with Gasteiger partial charge in [-0.15, -0.1) is 0 Å².